The highest BCUT2D eigenvalue weighted by molar-refractivity contribution is 5.96. The van der Waals surface area contributed by atoms with Crippen LogP contribution in [0.5, 0.6) is 0 Å². The number of hydrogen-bond acceptors (Lipinski definition) is 4. The summed E-state index contributed by atoms with van der Waals surface area (Å²) in [5, 5.41) is 13.0. The molecule has 2 aromatic rings. The Morgan fingerprint density at radius 2 is 2.32 bits per heavy atom. The SMILES string of the molecule is Cc1n[nH]c(C)c1NC(=O)C1Cc2nc[nH]c2CN1. The molecular weight excluding hydrogens is 244 g/mol. The third kappa shape index (κ3) is 2.12. The van der Waals surface area contributed by atoms with Crippen molar-refractivity contribution >= 4 is 11.6 Å². The Kier molecular flexibility index (Phi) is 2.83. The van der Waals surface area contributed by atoms with E-state index in [9.17, 15) is 4.79 Å². The molecule has 0 saturated carbocycles. The molecule has 0 aliphatic carbocycles. The fraction of sp³-hybridized carbons (Fsp3) is 0.417. The largest absolute Gasteiger partial charge is 0.347 e. The number of nitrogens with one attached hydrogen (secondary N) is 4. The minimum absolute atomic E-state index is 0.0544. The van der Waals surface area contributed by atoms with Crippen molar-refractivity contribution in [1.82, 2.24) is 25.5 Å². The summed E-state index contributed by atoms with van der Waals surface area (Å²) >= 11 is 0. The van der Waals surface area contributed by atoms with Crippen LogP contribution in [0.25, 0.3) is 0 Å². The maximum absolute atomic E-state index is 12.2. The zero-order valence-electron chi connectivity index (χ0n) is 10.9. The molecule has 7 nitrogen and oxygen atoms in total. The monoisotopic (exact) mass is 260 g/mol. The summed E-state index contributed by atoms with van der Waals surface area (Å²) < 4.78 is 0. The van der Waals surface area contributed by atoms with Gasteiger partial charge in [0, 0.05) is 13.0 Å². The van der Waals surface area contributed by atoms with Crippen LogP contribution < -0.4 is 10.6 Å². The number of nitrogens with zero attached hydrogens (tertiary/aromatic N) is 2. The first-order valence-corrected chi connectivity index (χ1v) is 6.22. The van der Waals surface area contributed by atoms with Gasteiger partial charge in [0.1, 0.15) is 0 Å². The smallest absolute Gasteiger partial charge is 0.242 e. The lowest BCUT2D eigenvalue weighted by molar-refractivity contribution is -0.118. The second-order valence-electron chi connectivity index (χ2n) is 4.76. The molecule has 100 valence electrons. The number of rotatable bonds is 2. The number of anilines is 1. The molecule has 1 atom stereocenters. The average Bonchev–Trinajstić information content (AvgIpc) is 2.99. The lowest BCUT2D eigenvalue weighted by Crippen LogP contribution is -2.44. The summed E-state index contributed by atoms with van der Waals surface area (Å²) in [4.78, 5) is 19.5. The van der Waals surface area contributed by atoms with Gasteiger partial charge in [0.15, 0.2) is 0 Å². The van der Waals surface area contributed by atoms with Gasteiger partial charge in [0.25, 0.3) is 0 Å². The average molecular weight is 260 g/mol. The molecule has 19 heavy (non-hydrogen) atoms. The number of imidazole rings is 1. The molecule has 1 aliphatic heterocycles. The van der Waals surface area contributed by atoms with E-state index in [0.717, 1.165) is 28.5 Å². The van der Waals surface area contributed by atoms with Gasteiger partial charge in [0.2, 0.25) is 5.91 Å². The van der Waals surface area contributed by atoms with Crippen molar-refractivity contribution in [3.63, 3.8) is 0 Å². The van der Waals surface area contributed by atoms with Gasteiger partial charge >= 0.3 is 0 Å². The van der Waals surface area contributed by atoms with E-state index in [1.807, 2.05) is 13.8 Å². The maximum atomic E-state index is 12.2. The van der Waals surface area contributed by atoms with E-state index in [1.165, 1.54) is 0 Å². The lowest BCUT2D eigenvalue weighted by Gasteiger charge is -2.22. The topological polar surface area (TPSA) is 98.5 Å². The Bertz CT molecular complexity index is 594. The number of fused-ring (bicyclic) bond motifs is 1. The van der Waals surface area contributed by atoms with Crippen molar-refractivity contribution in [2.24, 2.45) is 0 Å². The molecule has 3 rings (SSSR count). The fourth-order valence-corrected chi connectivity index (χ4v) is 2.30. The third-order valence-corrected chi connectivity index (χ3v) is 3.42. The van der Waals surface area contributed by atoms with E-state index >= 15 is 0 Å². The summed E-state index contributed by atoms with van der Waals surface area (Å²) in [6, 6.07) is -0.260. The van der Waals surface area contributed by atoms with Crippen molar-refractivity contribution in [3.05, 3.63) is 29.1 Å². The van der Waals surface area contributed by atoms with Gasteiger partial charge in [-0.05, 0) is 13.8 Å². The molecule has 4 N–H and O–H groups in total. The minimum Gasteiger partial charge on any atom is -0.347 e. The number of hydrogen-bond donors (Lipinski definition) is 4. The predicted molar refractivity (Wildman–Crippen MR) is 69.6 cm³/mol. The molecule has 1 unspecified atom stereocenters. The fourth-order valence-electron chi connectivity index (χ4n) is 2.30. The minimum atomic E-state index is -0.260. The Morgan fingerprint density at radius 3 is 3.05 bits per heavy atom. The van der Waals surface area contributed by atoms with E-state index in [2.05, 4.69) is 30.8 Å². The van der Waals surface area contributed by atoms with E-state index in [1.54, 1.807) is 6.33 Å². The first-order chi connectivity index (χ1) is 9.15. The number of aromatic nitrogens is 4. The quantitative estimate of drug-likeness (QED) is 0.628. The van der Waals surface area contributed by atoms with Crippen LogP contribution in [0.2, 0.25) is 0 Å². The number of carbonyl (C=O) groups is 1. The summed E-state index contributed by atoms with van der Waals surface area (Å²) in [5.74, 6) is -0.0544. The first kappa shape index (κ1) is 11.9. The standard InChI is InChI=1S/C12H16N6O/c1-6-11(7(2)18-17-6)16-12(19)9-3-8-10(4-13-9)15-5-14-8/h5,9,13H,3-4H2,1-2H3,(H,14,15)(H,16,19)(H,17,18). The van der Waals surface area contributed by atoms with Crippen molar-refractivity contribution in [2.45, 2.75) is 32.9 Å². The Hall–Kier alpha value is -2.15. The molecule has 7 heteroatoms. The number of carbonyl (C=O) groups excluding carboxylic acids is 1. The Morgan fingerprint density at radius 1 is 1.47 bits per heavy atom. The Balaban J connectivity index is 1.72. The molecule has 0 bridgehead atoms. The highest BCUT2D eigenvalue weighted by Crippen LogP contribution is 2.18. The van der Waals surface area contributed by atoms with E-state index in [4.69, 9.17) is 0 Å². The molecule has 0 fully saturated rings. The first-order valence-electron chi connectivity index (χ1n) is 6.22. The van der Waals surface area contributed by atoms with Crippen molar-refractivity contribution in [1.29, 1.82) is 0 Å². The summed E-state index contributed by atoms with van der Waals surface area (Å²) in [5.41, 5.74) is 4.43. The highest BCUT2D eigenvalue weighted by atomic mass is 16.2. The van der Waals surface area contributed by atoms with Gasteiger partial charge in [-0.2, -0.15) is 5.10 Å². The maximum Gasteiger partial charge on any atom is 0.242 e. The molecule has 2 aromatic heterocycles. The van der Waals surface area contributed by atoms with Crippen molar-refractivity contribution in [2.75, 3.05) is 5.32 Å². The van der Waals surface area contributed by atoms with Crippen molar-refractivity contribution in [3.8, 4) is 0 Å². The highest BCUT2D eigenvalue weighted by Gasteiger charge is 2.26. The molecule has 3 heterocycles. The summed E-state index contributed by atoms with van der Waals surface area (Å²) in [6.45, 7) is 4.38. The lowest BCUT2D eigenvalue weighted by atomic mass is 10.0. The van der Waals surface area contributed by atoms with Gasteiger partial charge in [-0.25, -0.2) is 4.98 Å². The predicted octanol–water partition coefficient (Wildman–Crippen LogP) is 0.403. The molecule has 0 saturated heterocycles. The van der Waals surface area contributed by atoms with Crippen LogP contribution in [0.4, 0.5) is 5.69 Å². The number of amides is 1. The molecule has 1 aliphatic rings. The van der Waals surface area contributed by atoms with Crippen LogP contribution in [0.15, 0.2) is 6.33 Å². The van der Waals surface area contributed by atoms with E-state index in [0.29, 0.717) is 13.0 Å². The molecular formula is C12H16N6O. The zero-order valence-corrected chi connectivity index (χ0v) is 10.9. The van der Waals surface area contributed by atoms with E-state index in [-0.39, 0.29) is 11.9 Å². The number of H-pyrrole nitrogens is 2. The Labute approximate surface area is 110 Å². The van der Waals surface area contributed by atoms with Gasteiger partial charge in [-0.3, -0.25) is 15.2 Å². The van der Waals surface area contributed by atoms with E-state index < -0.39 is 0 Å². The van der Waals surface area contributed by atoms with Crippen LogP contribution >= 0.6 is 0 Å². The van der Waals surface area contributed by atoms with Gasteiger partial charge in [-0.15, -0.1) is 0 Å². The van der Waals surface area contributed by atoms with Crippen LogP contribution in [-0.4, -0.2) is 32.1 Å². The number of aryl methyl sites for hydroxylation is 2. The number of aromatic amines is 2. The van der Waals surface area contributed by atoms with Crippen molar-refractivity contribution < 1.29 is 4.79 Å². The molecule has 0 radical (unpaired) electrons. The third-order valence-electron chi connectivity index (χ3n) is 3.42. The molecule has 1 amide bonds. The zero-order chi connectivity index (χ0) is 13.4. The van der Waals surface area contributed by atoms with Gasteiger partial charge in [-0.1, -0.05) is 0 Å². The summed E-state index contributed by atoms with van der Waals surface area (Å²) in [6.07, 6.45) is 2.26. The van der Waals surface area contributed by atoms with Crippen LogP contribution in [0, 0.1) is 13.8 Å². The molecule has 0 aromatic carbocycles. The molecule has 0 spiro atoms. The van der Waals surface area contributed by atoms with Crippen LogP contribution in [0.1, 0.15) is 22.8 Å². The summed E-state index contributed by atoms with van der Waals surface area (Å²) in [7, 11) is 0. The normalized spacial score (nSPS) is 18.1. The second kappa shape index (κ2) is 4.51. The van der Waals surface area contributed by atoms with Gasteiger partial charge in [0.05, 0.1) is 40.8 Å². The van der Waals surface area contributed by atoms with Gasteiger partial charge < -0.3 is 10.3 Å². The second-order valence-corrected chi connectivity index (χ2v) is 4.76. The van der Waals surface area contributed by atoms with Crippen LogP contribution in [0.3, 0.4) is 0 Å². The van der Waals surface area contributed by atoms with Crippen LogP contribution in [-0.2, 0) is 17.8 Å².